The predicted octanol–water partition coefficient (Wildman–Crippen LogP) is 2.35. The topological polar surface area (TPSA) is 52.5 Å². The van der Waals surface area contributed by atoms with Gasteiger partial charge in [-0.3, -0.25) is 0 Å². The van der Waals surface area contributed by atoms with Gasteiger partial charge < -0.3 is 15.5 Å². The van der Waals surface area contributed by atoms with Gasteiger partial charge in [0, 0.05) is 17.6 Å². The van der Waals surface area contributed by atoms with Crippen molar-refractivity contribution in [3.8, 4) is 5.75 Å². The van der Waals surface area contributed by atoms with Gasteiger partial charge in [0.15, 0.2) is 0 Å². The van der Waals surface area contributed by atoms with Crippen molar-refractivity contribution in [2.45, 2.75) is 50.8 Å². The zero-order chi connectivity index (χ0) is 12.3. The van der Waals surface area contributed by atoms with Crippen molar-refractivity contribution < 1.29 is 10.2 Å². The Morgan fingerprint density at radius 1 is 1.18 bits per heavy atom. The molecule has 3 heteroatoms. The summed E-state index contributed by atoms with van der Waals surface area (Å²) in [5.41, 5.74) is 0.943. The van der Waals surface area contributed by atoms with Crippen LogP contribution in [0.15, 0.2) is 24.3 Å². The lowest BCUT2D eigenvalue weighted by atomic mass is 9.92. The summed E-state index contributed by atoms with van der Waals surface area (Å²) >= 11 is 0. The van der Waals surface area contributed by atoms with Crippen molar-refractivity contribution in [2.24, 2.45) is 0 Å². The number of nitrogens with one attached hydrogen (secondary N) is 1. The van der Waals surface area contributed by atoms with Gasteiger partial charge in [-0.25, -0.2) is 0 Å². The largest absolute Gasteiger partial charge is 0.508 e. The molecular formula is C14H21NO2. The molecule has 0 radical (unpaired) electrons. The van der Waals surface area contributed by atoms with Crippen LogP contribution in [-0.4, -0.2) is 22.4 Å². The Kier molecular flexibility index (Phi) is 4.02. The molecule has 0 amide bonds. The van der Waals surface area contributed by atoms with Gasteiger partial charge in [0.25, 0.3) is 0 Å². The summed E-state index contributed by atoms with van der Waals surface area (Å²) in [5.74, 6) is 0.350. The van der Waals surface area contributed by atoms with Crippen molar-refractivity contribution in [2.75, 3.05) is 0 Å². The number of aliphatic hydroxyl groups excluding tert-OH is 1. The van der Waals surface area contributed by atoms with Crippen molar-refractivity contribution in [1.29, 1.82) is 0 Å². The Hall–Kier alpha value is -1.06. The van der Waals surface area contributed by atoms with Crippen LogP contribution in [0.5, 0.6) is 5.75 Å². The fourth-order valence-electron chi connectivity index (χ4n) is 2.54. The highest BCUT2D eigenvalue weighted by Gasteiger charge is 2.21. The van der Waals surface area contributed by atoms with E-state index in [4.69, 9.17) is 0 Å². The van der Waals surface area contributed by atoms with Gasteiger partial charge in [-0.1, -0.05) is 18.2 Å². The Labute approximate surface area is 102 Å². The summed E-state index contributed by atoms with van der Waals surface area (Å²) in [6.07, 6.45) is 3.67. The molecule has 0 aliphatic heterocycles. The zero-order valence-electron chi connectivity index (χ0n) is 10.3. The molecule has 3 N–H and O–H groups in total. The first-order chi connectivity index (χ1) is 8.16. The number of hydrogen-bond donors (Lipinski definition) is 3. The summed E-state index contributed by atoms with van der Waals surface area (Å²) in [6, 6.07) is 8.05. The van der Waals surface area contributed by atoms with E-state index in [9.17, 15) is 10.2 Å². The van der Waals surface area contributed by atoms with Crippen molar-refractivity contribution in [3.63, 3.8) is 0 Å². The molecule has 1 aromatic rings. The molecule has 1 atom stereocenters. The fraction of sp³-hybridized carbons (Fsp3) is 0.571. The first-order valence-corrected chi connectivity index (χ1v) is 6.39. The second-order valence-electron chi connectivity index (χ2n) is 4.95. The van der Waals surface area contributed by atoms with Crippen molar-refractivity contribution in [3.05, 3.63) is 29.8 Å². The minimum atomic E-state index is -0.117. The van der Waals surface area contributed by atoms with E-state index in [0.29, 0.717) is 11.8 Å². The average Bonchev–Trinajstić information content (AvgIpc) is 2.32. The van der Waals surface area contributed by atoms with E-state index in [0.717, 1.165) is 31.2 Å². The Bertz CT molecular complexity index is 359. The van der Waals surface area contributed by atoms with Crippen LogP contribution in [0.1, 0.15) is 44.2 Å². The molecule has 17 heavy (non-hydrogen) atoms. The fourth-order valence-corrected chi connectivity index (χ4v) is 2.54. The zero-order valence-corrected chi connectivity index (χ0v) is 10.3. The molecule has 1 aliphatic carbocycles. The number of phenolic OH excluding ortho intramolecular Hbond substituents is 1. The van der Waals surface area contributed by atoms with Gasteiger partial charge in [0.1, 0.15) is 5.75 Å². The molecule has 1 fully saturated rings. The standard InChI is InChI=1S/C14H21NO2/c1-10(13-4-2-3-5-14(13)17)15-11-6-8-12(16)9-7-11/h2-5,10-12,15-17H,6-9H2,1H3/t10-,11?,12?/m0/s1. The maximum Gasteiger partial charge on any atom is 0.120 e. The number of aliphatic hydroxyl groups is 1. The molecule has 0 aromatic heterocycles. The normalized spacial score (nSPS) is 26.7. The SMILES string of the molecule is C[C@H](NC1CCC(O)CC1)c1ccccc1O. The average molecular weight is 235 g/mol. The van der Waals surface area contributed by atoms with E-state index < -0.39 is 0 Å². The van der Waals surface area contributed by atoms with Gasteiger partial charge >= 0.3 is 0 Å². The smallest absolute Gasteiger partial charge is 0.120 e. The predicted molar refractivity (Wildman–Crippen MR) is 67.9 cm³/mol. The maximum absolute atomic E-state index is 9.77. The van der Waals surface area contributed by atoms with Crippen molar-refractivity contribution >= 4 is 0 Å². The van der Waals surface area contributed by atoms with E-state index in [-0.39, 0.29) is 12.1 Å². The third-order valence-electron chi connectivity index (χ3n) is 3.59. The van der Waals surface area contributed by atoms with Gasteiger partial charge in [0.2, 0.25) is 0 Å². The van der Waals surface area contributed by atoms with E-state index in [1.54, 1.807) is 6.07 Å². The highest BCUT2D eigenvalue weighted by molar-refractivity contribution is 5.34. The molecule has 0 spiro atoms. The van der Waals surface area contributed by atoms with Crippen LogP contribution in [-0.2, 0) is 0 Å². The summed E-state index contributed by atoms with van der Waals surface area (Å²) in [6.45, 7) is 2.07. The number of phenols is 1. The van der Waals surface area contributed by atoms with E-state index in [1.165, 1.54) is 0 Å². The van der Waals surface area contributed by atoms with E-state index in [1.807, 2.05) is 18.2 Å². The summed E-state index contributed by atoms with van der Waals surface area (Å²) in [4.78, 5) is 0. The van der Waals surface area contributed by atoms with Gasteiger partial charge in [-0.2, -0.15) is 0 Å². The van der Waals surface area contributed by atoms with Crippen LogP contribution in [0.3, 0.4) is 0 Å². The summed E-state index contributed by atoms with van der Waals surface area (Å²) < 4.78 is 0. The highest BCUT2D eigenvalue weighted by Crippen LogP contribution is 2.26. The molecule has 0 unspecified atom stereocenters. The number of para-hydroxylation sites is 1. The number of rotatable bonds is 3. The second-order valence-corrected chi connectivity index (χ2v) is 4.95. The molecule has 1 aromatic carbocycles. The van der Waals surface area contributed by atoms with Gasteiger partial charge in [0.05, 0.1) is 6.10 Å². The van der Waals surface area contributed by atoms with Crippen LogP contribution < -0.4 is 5.32 Å². The molecule has 3 nitrogen and oxygen atoms in total. The Morgan fingerprint density at radius 2 is 1.82 bits per heavy atom. The molecule has 1 aliphatic rings. The Morgan fingerprint density at radius 3 is 2.47 bits per heavy atom. The lowest BCUT2D eigenvalue weighted by Crippen LogP contribution is -2.36. The first-order valence-electron chi connectivity index (χ1n) is 6.39. The minimum absolute atomic E-state index is 0.117. The Balaban J connectivity index is 1.93. The van der Waals surface area contributed by atoms with Gasteiger partial charge in [-0.15, -0.1) is 0 Å². The van der Waals surface area contributed by atoms with E-state index in [2.05, 4.69) is 12.2 Å². The third-order valence-corrected chi connectivity index (χ3v) is 3.59. The first kappa shape index (κ1) is 12.4. The molecule has 94 valence electrons. The molecule has 0 bridgehead atoms. The number of benzene rings is 1. The van der Waals surface area contributed by atoms with E-state index >= 15 is 0 Å². The monoisotopic (exact) mass is 235 g/mol. The summed E-state index contributed by atoms with van der Waals surface area (Å²) in [5, 5.41) is 22.8. The molecular weight excluding hydrogens is 214 g/mol. The third kappa shape index (κ3) is 3.20. The minimum Gasteiger partial charge on any atom is -0.508 e. The quantitative estimate of drug-likeness (QED) is 0.753. The van der Waals surface area contributed by atoms with Crippen LogP contribution in [0.25, 0.3) is 0 Å². The molecule has 2 rings (SSSR count). The van der Waals surface area contributed by atoms with Crippen LogP contribution in [0.4, 0.5) is 0 Å². The summed E-state index contributed by atoms with van der Waals surface area (Å²) in [7, 11) is 0. The molecule has 1 saturated carbocycles. The lowest BCUT2D eigenvalue weighted by molar-refractivity contribution is 0.114. The van der Waals surface area contributed by atoms with Gasteiger partial charge in [-0.05, 0) is 38.7 Å². The van der Waals surface area contributed by atoms with Crippen LogP contribution in [0.2, 0.25) is 0 Å². The van der Waals surface area contributed by atoms with Crippen molar-refractivity contribution in [1.82, 2.24) is 5.32 Å². The lowest BCUT2D eigenvalue weighted by Gasteiger charge is -2.29. The number of aromatic hydroxyl groups is 1. The van der Waals surface area contributed by atoms with Crippen LogP contribution >= 0.6 is 0 Å². The number of hydrogen-bond acceptors (Lipinski definition) is 3. The second kappa shape index (κ2) is 5.52. The highest BCUT2D eigenvalue weighted by atomic mass is 16.3. The molecule has 0 saturated heterocycles. The maximum atomic E-state index is 9.77. The molecule has 0 heterocycles. The van der Waals surface area contributed by atoms with Crippen LogP contribution in [0, 0.1) is 0 Å².